The Labute approximate surface area is 286 Å². The van der Waals surface area contributed by atoms with Crippen LogP contribution in [0.5, 0.6) is 5.75 Å². The molecule has 0 saturated heterocycles. The van der Waals surface area contributed by atoms with Crippen LogP contribution in [0.3, 0.4) is 0 Å². The molecule has 250 valence electrons. The molecule has 5 rings (SSSR count). The number of benzene rings is 5. The van der Waals surface area contributed by atoms with Crippen LogP contribution in [0.15, 0.2) is 128 Å². The molecule has 1 amide bonds. The lowest BCUT2D eigenvalue weighted by atomic mass is 10.0. The fourth-order valence-electron chi connectivity index (χ4n) is 5.41. The summed E-state index contributed by atoms with van der Waals surface area (Å²) < 4.78 is 24.3. The van der Waals surface area contributed by atoms with Gasteiger partial charge in [0.15, 0.2) is 0 Å². The molecular weight excluding hydrogens is 619 g/mol. The number of carboxylic acid groups (broad SMARTS) is 1. The topological polar surface area (TPSA) is 88.1 Å². The molecule has 0 aliphatic carbocycles. The number of methoxy groups -OCH3 is 1. The number of nitrogens with zero attached hydrogens (tertiary/aromatic N) is 1. The third kappa shape index (κ3) is 10.1. The number of alkyl carbamates (subject to hydrolysis) is 1. The maximum Gasteiger partial charge on any atom is 0.411 e. The highest BCUT2D eigenvalue weighted by Gasteiger charge is 2.12. The van der Waals surface area contributed by atoms with Crippen LogP contribution in [0.4, 0.5) is 9.18 Å². The highest BCUT2D eigenvalue weighted by molar-refractivity contribution is 5.87. The second kappa shape index (κ2) is 16.9. The summed E-state index contributed by atoms with van der Waals surface area (Å²) in [6.45, 7) is 6.50. The molecule has 0 radical (unpaired) electrons. The molecule has 0 bridgehead atoms. The lowest BCUT2D eigenvalue weighted by Crippen LogP contribution is -2.28. The lowest BCUT2D eigenvalue weighted by molar-refractivity contribution is 0.0696. The van der Waals surface area contributed by atoms with E-state index in [1.165, 1.54) is 19.2 Å². The van der Waals surface area contributed by atoms with Crippen LogP contribution >= 0.6 is 0 Å². The predicted octanol–water partition coefficient (Wildman–Crippen LogP) is 8.38. The Bertz CT molecular complexity index is 1860. The van der Waals surface area contributed by atoms with E-state index in [9.17, 15) is 19.1 Å². The van der Waals surface area contributed by atoms with Crippen LogP contribution in [0.25, 0.3) is 16.8 Å². The van der Waals surface area contributed by atoms with E-state index in [1.807, 2.05) is 78.9 Å². The first-order valence-corrected chi connectivity index (χ1v) is 16.0. The van der Waals surface area contributed by atoms with Gasteiger partial charge in [-0.3, -0.25) is 10.2 Å². The van der Waals surface area contributed by atoms with Crippen molar-refractivity contribution in [3.05, 3.63) is 167 Å². The van der Waals surface area contributed by atoms with Crippen molar-refractivity contribution in [2.75, 3.05) is 20.2 Å². The Morgan fingerprint density at radius 1 is 0.735 bits per heavy atom. The van der Waals surface area contributed by atoms with Crippen molar-refractivity contribution >= 4 is 17.8 Å². The normalized spacial score (nSPS) is 10.8. The average Bonchev–Trinajstić information content (AvgIpc) is 3.13. The van der Waals surface area contributed by atoms with Gasteiger partial charge in [0.2, 0.25) is 0 Å². The summed E-state index contributed by atoms with van der Waals surface area (Å²) in [4.78, 5) is 25.3. The summed E-state index contributed by atoms with van der Waals surface area (Å²) in [7, 11) is 1.31. The number of para-hydroxylation sites is 1. The van der Waals surface area contributed by atoms with Crippen molar-refractivity contribution in [2.45, 2.75) is 26.0 Å². The molecule has 7 nitrogen and oxygen atoms in total. The molecular formula is C41H39FN2O5. The standard InChI is InChI=1S/C41H39FN2O5/c1-29(43-41(47)48-2)33-13-7-30(8-14-33)23-25-44(27-31-9-17-37(18-10-31)40(45)46)26-24-36-5-3-4-6-39(36)49-28-32-11-15-34(16-12-32)35-19-21-38(42)22-20-35/h3-22H,1,23-28H2,2H3,(H,43,47)(H,45,46). The van der Waals surface area contributed by atoms with Gasteiger partial charge >= 0.3 is 12.1 Å². The number of carbonyl (C=O) groups is 2. The minimum atomic E-state index is -0.947. The van der Waals surface area contributed by atoms with Crippen LogP contribution in [0, 0.1) is 5.82 Å². The van der Waals surface area contributed by atoms with Crippen molar-refractivity contribution in [2.24, 2.45) is 0 Å². The SMILES string of the molecule is C=C(NC(=O)OC)c1ccc(CCN(CCc2ccccc2OCc2ccc(-c3ccc(F)cc3)cc2)Cc2ccc(C(=O)O)cc2)cc1. The summed E-state index contributed by atoms with van der Waals surface area (Å²) >= 11 is 0. The molecule has 5 aromatic rings. The molecule has 0 aromatic heterocycles. The maximum atomic E-state index is 13.3. The largest absolute Gasteiger partial charge is 0.489 e. The second-order valence-electron chi connectivity index (χ2n) is 11.7. The Balaban J connectivity index is 1.23. The van der Waals surface area contributed by atoms with E-state index in [4.69, 9.17) is 4.74 Å². The van der Waals surface area contributed by atoms with Crippen LogP contribution in [0.1, 0.15) is 38.2 Å². The van der Waals surface area contributed by atoms with Crippen LogP contribution in [-0.2, 0) is 30.7 Å². The van der Waals surface area contributed by atoms with Gasteiger partial charge in [0.25, 0.3) is 0 Å². The maximum absolute atomic E-state index is 13.3. The summed E-state index contributed by atoms with van der Waals surface area (Å²) in [6.07, 6.45) is 0.978. The van der Waals surface area contributed by atoms with E-state index in [0.29, 0.717) is 18.8 Å². The van der Waals surface area contributed by atoms with Gasteiger partial charge < -0.3 is 14.6 Å². The van der Waals surface area contributed by atoms with Gasteiger partial charge in [-0.2, -0.15) is 0 Å². The molecule has 8 heteroatoms. The molecule has 0 aliphatic heterocycles. The number of hydrogen-bond donors (Lipinski definition) is 2. The number of carboxylic acids is 1. The number of rotatable bonds is 15. The second-order valence-corrected chi connectivity index (χ2v) is 11.7. The number of carbonyl (C=O) groups excluding carboxylic acids is 1. The van der Waals surface area contributed by atoms with Crippen LogP contribution < -0.4 is 10.1 Å². The zero-order valence-corrected chi connectivity index (χ0v) is 27.4. The number of nitrogens with one attached hydrogen (secondary N) is 1. The Morgan fingerprint density at radius 3 is 1.96 bits per heavy atom. The minimum Gasteiger partial charge on any atom is -0.489 e. The highest BCUT2D eigenvalue weighted by atomic mass is 19.1. The van der Waals surface area contributed by atoms with Gasteiger partial charge in [-0.15, -0.1) is 0 Å². The number of amides is 1. The third-order valence-corrected chi connectivity index (χ3v) is 8.26. The Hall–Kier alpha value is -5.73. The lowest BCUT2D eigenvalue weighted by Gasteiger charge is -2.23. The van der Waals surface area contributed by atoms with E-state index in [-0.39, 0.29) is 11.4 Å². The minimum absolute atomic E-state index is 0.255. The summed E-state index contributed by atoms with van der Waals surface area (Å²) in [5.74, 6) is -0.376. The van der Waals surface area contributed by atoms with E-state index in [1.54, 1.807) is 24.3 Å². The molecule has 0 heterocycles. The molecule has 49 heavy (non-hydrogen) atoms. The van der Waals surface area contributed by atoms with E-state index >= 15 is 0 Å². The summed E-state index contributed by atoms with van der Waals surface area (Å²) in [5.41, 5.74) is 7.78. The van der Waals surface area contributed by atoms with Gasteiger partial charge in [-0.25, -0.2) is 14.0 Å². The predicted molar refractivity (Wildman–Crippen MR) is 190 cm³/mol. The Morgan fingerprint density at radius 2 is 1.31 bits per heavy atom. The van der Waals surface area contributed by atoms with Gasteiger partial charge in [0, 0.05) is 25.3 Å². The zero-order valence-electron chi connectivity index (χ0n) is 27.4. The van der Waals surface area contributed by atoms with Crippen LogP contribution in [-0.4, -0.2) is 42.3 Å². The molecule has 0 fully saturated rings. The quantitative estimate of drug-likeness (QED) is 0.118. The molecule has 0 atom stereocenters. The monoisotopic (exact) mass is 658 g/mol. The first-order valence-electron chi connectivity index (χ1n) is 16.0. The van der Waals surface area contributed by atoms with Gasteiger partial charge in [-0.1, -0.05) is 97.6 Å². The number of halogens is 1. The van der Waals surface area contributed by atoms with E-state index in [2.05, 4.69) is 27.6 Å². The van der Waals surface area contributed by atoms with Crippen molar-refractivity contribution in [1.82, 2.24) is 10.2 Å². The molecule has 5 aromatic carbocycles. The van der Waals surface area contributed by atoms with Crippen molar-refractivity contribution < 1.29 is 28.6 Å². The Kier molecular flexibility index (Phi) is 11.9. The number of ether oxygens (including phenoxy) is 2. The molecule has 0 aliphatic rings. The average molecular weight is 659 g/mol. The first kappa shape index (κ1) is 34.6. The highest BCUT2D eigenvalue weighted by Crippen LogP contribution is 2.24. The smallest absolute Gasteiger partial charge is 0.411 e. The zero-order chi connectivity index (χ0) is 34.6. The molecule has 2 N–H and O–H groups in total. The fourth-order valence-corrected chi connectivity index (χ4v) is 5.41. The van der Waals surface area contributed by atoms with Gasteiger partial charge in [0.1, 0.15) is 18.2 Å². The summed E-state index contributed by atoms with van der Waals surface area (Å²) in [5, 5.41) is 11.9. The van der Waals surface area contributed by atoms with E-state index < -0.39 is 12.1 Å². The fraction of sp³-hybridized carbons (Fsp3) is 0.171. The van der Waals surface area contributed by atoms with E-state index in [0.717, 1.165) is 70.6 Å². The van der Waals surface area contributed by atoms with Gasteiger partial charge in [0.05, 0.1) is 12.7 Å². The number of aromatic carboxylic acids is 1. The first-order chi connectivity index (χ1) is 23.8. The summed E-state index contributed by atoms with van der Waals surface area (Å²) in [6, 6.07) is 37.5. The number of hydrogen-bond acceptors (Lipinski definition) is 5. The van der Waals surface area contributed by atoms with Crippen LogP contribution in [0.2, 0.25) is 0 Å². The van der Waals surface area contributed by atoms with Crippen molar-refractivity contribution in [3.63, 3.8) is 0 Å². The van der Waals surface area contributed by atoms with Gasteiger partial charge in [-0.05, 0) is 82.1 Å². The molecule has 0 unspecified atom stereocenters. The van der Waals surface area contributed by atoms with Crippen molar-refractivity contribution in [1.29, 1.82) is 0 Å². The molecule has 0 saturated carbocycles. The third-order valence-electron chi connectivity index (χ3n) is 8.26. The molecule has 0 spiro atoms. The van der Waals surface area contributed by atoms with Crippen molar-refractivity contribution in [3.8, 4) is 16.9 Å².